The lowest BCUT2D eigenvalue weighted by atomic mass is 9.96. The molecule has 7 heteroatoms. The summed E-state index contributed by atoms with van der Waals surface area (Å²) in [5, 5.41) is 21.4. The maximum absolute atomic E-state index is 11.9. The van der Waals surface area contributed by atoms with Crippen LogP contribution in [-0.4, -0.2) is 64.7 Å². The Labute approximate surface area is 255 Å². The van der Waals surface area contributed by atoms with E-state index in [1.54, 1.807) is 0 Å². The Kier molecular flexibility index (Phi) is 17.0. The van der Waals surface area contributed by atoms with Gasteiger partial charge in [0.05, 0.1) is 42.5 Å². The second-order valence-corrected chi connectivity index (χ2v) is 13.6. The molecule has 3 fully saturated rings. The molecule has 3 saturated heterocycles. The van der Waals surface area contributed by atoms with Crippen LogP contribution in [-0.2, 0) is 23.8 Å². The number of ketones is 1. The molecule has 244 valence electrons. The van der Waals surface area contributed by atoms with Gasteiger partial charge in [-0.05, 0) is 64.7 Å². The highest BCUT2D eigenvalue weighted by Crippen LogP contribution is 2.35. The Morgan fingerprint density at radius 3 is 1.71 bits per heavy atom. The van der Waals surface area contributed by atoms with Crippen molar-refractivity contribution in [2.24, 2.45) is 5.92 Å². The Morgan fingerprint density at radius 2 is 1.21 bits per heavy atom. The topological polar surface area (TPSA) is 102 Å². The monoisotopic (exact) mass is 594 g/mol. The fourth-order valence-electron chi connectivity index (χ4n) is 7.20. The summed E-state index contributed by atoms with van der Waals surface area (Å²) < 4.78 is 18.0. The molecule has 2 N–H and O–H groups in total. The van der Waals surface area contributed by atoms with Crippen LogP contribution in [0.3, 0.4) is 0 Å². The van der Waals surface area contributed by atoms with Crippen LogP contribution in [0.4, 0.5) is 0 Å². The second kappa shape index (κ2) is 20.1. The lowest BCUT2D eigenvalue weighted by molar-refractivity contribution is -0.145. The molecule has 3 rings (SSSR count). The highest BCUT2D eigenvalue weighted by Gasteiger charge is 2.40. The largest absolute Gasteiger partial charge is 0.462 e. The summed E-state index contributed by atoms with van der Waals surface area (Å²) in [6.07, 6.45) is 23.1. The molecule has 42 heavy (non-hydrogen) atoms. The minimum absolute atomic E-state index is 0.0162. The van der Waals surface area contributed by atoms with Crippen molar-refractivity contribution in [1.82, 2.24) is 0 Å². The van der Waals surface area contributed by atoms with Crippen LogP contribution in [0.1, 0.15) is 162 Å². The predicted octanol–water partition coefficient (Wildman–Crippen LogP) is 7.37. The molecular formula is C35H62O7. The van der Waals surface area contributed by atoms with Crippen LogP contribution in [0.5, 0.6) is 0 Å². The number of esters is 1. The molecule has 0 aromatic heterocycles. The van der Waals surface area contributed by atoms with E-state index in [2.05, 4.69) is 6.92 Å². The molecule has 3 aliphatic rings. The van der Waals surface area contributed by atoms with Crippen molar-refractivity contribution in [3.8, 4) is 0 Å². The van der Waals surface area contributed by atoms with E-state index in [-0.39, 0.29) is 54.3 Å². The Morgan fingerprint density at radius 1 is 0.738 bits per heavy atom. The van der Waals surface area contributed by atoms with Crippen molar-refractivity contribution in [3.05, 3.63) is 0 Å². The van der Waals surface area contributed by atoms with Crippen LogP contribution >= 0.6 is 0 Å². The molecule has 0 spiro atoms. The van der Waals surface area contributed by atoms with Gasteiger partial charge in [-0.1, -0.05) is 90.4 Å². The number of carbonyl (C=O) groups excluding carboxylic acids is 2. The number of rotatable bonds is 23. The van der Waals surface area contributed by atoms with Crippen molar-refractivity contribution >= 4 is 11.8 Å². The van der Waals surface area contributed by atoms with Gasteiger partial charge in [-0.3, -0.25) is 4.79 Å². The van der Waals surface area contributed by atoms with E-state index in [0.29, 0.717) is 12.8 Å². The molecular weight excluding hydrogens is 532 g/mol. The molecule has 0 bridgehead atoms. The van der Waals surface area contributed by atoms with E-state index < -0.39 is 6.10 Å². The third-order valence-electron chi connectivity index (χ3n) is 9.77. The van der Waals surface area contributed by atoms with Gasteiger partial charge in [0.15, 0.2) is 0 Å². The summed E-state index contributed by atoms with van der Waals surface area (Å²) in [4.78, 5) is 23.1. The van der Waals surface area contributed by atoms with Crippen molar-refractivity contribution in [2.75, 3.05) is 0 Å². The van der Waals surface area contributed by atoms with Crippen LogP contribution in [0, 0.1) is 5.92 Å². The molecule has 0 aromatic rings. The zero-order valence-corrected chi connectivity index (χ0v) is 26.8. The molecule has 7 nitrogen and oxygen atoms in total. The van der Waals surface area contributed by atoms with E-state index in [1.165, 1.54) is 51.9 Å². The van der Waals surface area contributed by atoms with Crippen molar-refractivity contribution in [2.45, 2.75) is 204 Å². The molecule has 0 radical (unpaired) electrons. The molecule has 0 amide bonds. The van der Waals surface area contributed by atoms with Gasteiger partial charge in [0, 0.05) is 6.42 Å². The highest BCUT2D eigenvalue weighted by molar-refractivity contribution is 5.83. The average molecular weight is 595 g/mol. The zero-order valence-electron chi connectivity index (χ0n) is 26.8. The van der Waals surface area contributed by atoms with Gasteiger partial charge >= 0.3 is 5.97 Å². The van der Waals surface area contributed by atoms with Gasteiger partial charge < -0.3 is 29.2 Å². The number of Topliss-reactive ketones (excluding diaryl/α,β-unsaturated/α-hetero) is 1. The van der Waals surface area contributed by atoms with Crippen molar-refractivity contribution < 1.29 is 34.0 Å². The number of aliphatic hydroxyl groups is 2. The van der Waals surface area contributed by atoms with Crippen LogP contribution in [0.2, 0.25) is 0 Å². The third kappa shape index (κ3) is 12.9. The van der Waals surface area contributed by atoms with E-state index >= 15 is 0 Å². The van der Waals surface area contributed by atoms with Gasteiger partial charge in [-0.25, -0.2) is 0 Å². The Bertz CT molecular complexity index is 758. The lowest BCUT2D eigenvalue weighted by Gasteiger charge is -2.24. The number of unbranched alkanes of at least 4 members (excludes halogenated alkanes) is 12. The summed E-state index contributed by atoms with van der Waals surface area (Å²) in [5.41, 5.74) is 0. The molecule has 0 aliphatic carbocycles. The van der Waals surface area contributed by atoms with E-state index in [0.717, 1.165) is 89.9 Å². The number of ether oxygens (including phenoxy) is 3. The van der Waals surface area contributed by atoms with E-state index in [1.807, 2.05) is 0 Å². The highest BCUT2D eigenvalue weighted by atomic mass is 16.6. The van der Waals surface area contributed by atoms with Gasteiger partial charge in [0.2, 0.25) is 0 Å². The van der Waals surface area contributed by atoms with Crippen LogP contribution in [0.15, 0.2) is 0 Å². The van der Waals surface area contributed by atoms with Crippen LogP contribution < -0.4 is 0 Å². The van der Waals surface area contributed by atoms with E-state index in [9.17, 15) is 19.8 Å². The predicted molar refractivity (Wildman–Crippen MR) is 165 cm³/mol. The van der Waals surface area contributed by atoms with Gasteiger partial charge in [-0.2, -0.15) is 0 Å². The molecule has 0 aromatic carbocycles. The first-order valence-electron chi connectivity index (χ1n) is 17.7. The molecule has 0 saturated carbocycles. The normalized spacial score (nSPS) is 29.2. The fourth-order valence-corrected chi connectivity index (χ4v) is 7.20. The van der Waals surface area contributed by atoms with Crippen molar-refractivity contribution in [1.29, 1.82) is 0 Å². The number of carbonyl (C=O) groups is 2. The fraction of sp³-hybridized carbons (Fsp3) is 0.943. The maximum atomic E-state index is 11.9. The summed E-state index contributed by atoms with van der Waals surface area (Å²) in [6, 6.07) is 0. The quantitative estimate of drug-likeness (QED) is 0.0941. The average Bonchev–Trinajstić information content (AvgIpc) is 3.72. The SMILES string of the molecule is CCCCCCCCCC[C@H](O)[C@H]1CC[C@H]([C@H]2CC[C@H]([C@H](O)CCCCCCCC[C@H]3C[C@@H](CC(C)=O)C(=O)O3)O2)O1. The minimum Gasteiger partial charge on any atom is -0.462 e. The first kappa shape index (κ1) is 35.5. The lowest BCUT2D eigenvalue weighted by Crippen LogP contribution is -2.33. The molecule has 3 aliphatic heterocycles. The smallest absolute Gasteiger partial charge is 0.309 e. The summed E-state index contributed by atoms with van der Waals surface area (Å²) in [7, 11) is 0. The van der Waals surface area contributed by atoms with Gasteiger partial charge in [-0.15, -0.1) is 0 Å². The second-order valence-electron chi connectivity index (χ2n) is 13.6. The number of aliphatic hydroxyl groups excluding tert-OH is 2. The number of hydrogen-bond acceptors (Lipinski definition) is 7. The Balaban J connectivity index is 1.16. The first-order chi connectivity index (χ1) is 20.4. The number of hydrogen-bond donors (Lipinski definition) is 2. The maximum Gasteiger partial charge on any atom is 0.309 e. The standard InChI is InChI=1S/C35H62O7/c1-3-4-5-6-7-8-12-15-18-29(37)31-20-22-33(41-31)34-23-21-32(42-34)30(38)19-16-13-10-9-11-14-17-28-25-27(24-26(2)36)35(39)40-28/h27-34,37-38H,3-25H2,1-2H3/t27-,28+,29+,30-,31-,32-,33-,34-/m1/s1. The summed E-state index contributed by atoms with van der Waals surface area (Å²) in [6.45, 7) is 3.78. The molecule has 8 atom stereocenters. The van der Waals surface area contributed by atoms with Crippen LogP contribution in [0.25, 0.3) is 0 Å². The van der Waals surface area contributed by atoms with Gasteiger partial charge in [0.25, 0.3) is 0 Å². The zero-order chi connectivity index (χ0) is 30.2. The van der Waals surface area contributed by atoms with Crippen molar-refractivity contribution in [3.63, 3.8) is 0 Å². The molecule has 3 heterocycles. The summed E-state index contributed by atoms with van der Waals surface area (Å²) in [5.74, 6) is -0.379. The minimum atomic E-state index is -0.417. The number of cyclic esters (lactones) is 1. The van der Waals surface area contributed by atoms with E-state index in [4.69, 9.17) is 14.2 Å². The molecule has 0 unspecified atom stereocenters. The van der Waals surface area contributed by atoms with Gasteiger partial charge in [0.1, 0.15) is 11.9 Å². The summed E-state index contributed by atoms with van der Waals surface area (Å²) >= 11 is 0. The third-order valence-corrected chi connectivity index (χ3v) is 9.77. The first-order valence-corrected chi connectivity index (χ1v) is 17.7. The Hall–Kier alpha value is -1.02.